The molecule has 0 spiro atoms. The van der Waals surface area contributed by atoms with Crippen LogP contribution in [0.5, 0.6) is 0 Å². The van der Waals surface area contributed by atoms with Gasteiger partial charge in [-0.2, -0.15) is 0 Å². The van der Waals surface area contributed by atoms with Gasteiger partial charge in [0.25, 0.3) is 0 Å². The van der Waals surface area contributed by atoms with Gasteiger partial charge in [0.2, 0.25) is 0 Å². The third-order valence-corrected chi connectivity index (χ3v) is 3.27. The molecule has 0 aliphatic carbocycles. The van der Waals surface area contributed by atoms with Crippen LogP contribution < -0.4 is 11.1 Å². The first kappa shape index (κ1) is 13.7. The molecule has 4 heteroatoms. The number of hydrogen-bond acceptors (Lipinski definition) is 2. The Labute approximate surface area is 110 Å². The molecular formula is C12H16BrClN2. The third kappa shape index (κ3) is 3.91. The van der Waals surface area contributed by atoms with Crippen LogP contribution in [-0.4, -0.2) is 13.1 Å². The van der Waals surface area contributed by atoms with Crippen LogP contribution in [0.4, 0.5) is 0 Å². The molecule has 3 N–H and O–H groups in total. The fraction of sp³-hybridized carbons (Fsp3) is 0.333. The molecule has 0 amide bonds. The Bertz CT molecular complexity index is 355. The van der Waals surface area contributed by atoms with Gasteiger partial charge in [-0.25, -0.2) is 0 Å². The van der Waals surface area contributed by atoms with Gasteiger partial charge in [0, 0.05) is 22.1 Å². The standard InChI is InChI=1S/C12H16BrClN2/c1-2-3-6-16-12(8-15)10-7-9(14)4-5-11(10)13/h2,4-5,7,12,16H,1,3,6,8,15H2. The first-order valence-electron chi connectivity index (χ1n) is 5.18. The van der Waals surface area contributed by atoms with E-state index in [0.717, 1.165) is 28.0 Å². The summed E-state index contributed by atoms with van der Waals surface area (Å²) in [6, 6.07) is 5.85. The van der Waals surface area contributed by atoms with Gasteiger partial charge < -0.3 is 11.1 Å². The highest BCUT2D eigenvalue weighted by molar-refractivity contribution is 9.10. The van der Waals surface area contributed by atoms with Crippen molar-refractivity contribution in [1.29, 1.82) is 0 Å². The lowest BCUT2D eigenvalue weighted by Crippen LogP contribution is -2.29. The van der Waals surface area contributed by atoms with Crippen molar-refractivity contribution in [2.75, 3.05) is 13.1 Å². The molecule has 1 aromatic rings. The maximum absolute atomic E-state index is 5.97. The van der Waals surface area contributed by atoms with Crippen molar-refractivity contribution in [3.8, 4) is 0 Å². The summed E-state index contributed by atoms with van der Waals surface area (Å²) in [5.41, 5.74) is 6.85. The van der Waals surface area contributed by atoms with Gasteiger partial charge in [-0.1, -0.05) is 33.6 Å². The summed E-state index contributed by atoms with van der Waals surface area (Å²) in [6.07, 6.45) is 2.81. The Balaban J connectivity index is 2.77. The van der Waals surface area contributed by atoms with Crippen LogP contribution in [0.1, 0.15) is 18.0 Å². The molecule has 0 heterocycles. The molecular weight excluding hydrogens is 288 g/mol. The van der Waals surface area contributed by atoms with Crippen LogP contribution in [0.15, 0.2) is 35.3 Å². The van der Waals surface area contributed by atoms with Crippen LogP contribution in [0.3, 0.4) is 0 Å². The molecule has 0 aromatic heterocycles. The fourth-order valence-corrected chi connectivity index (χ4v) is 2.17. The zero-order valence-corrected chi connectivity index (χ0v) is 11.4. The second-order valence-corrected chi connectivity index (χ2v) is 4.78. The van der Waals surface area contributed by atoms with E-state index in [2.05, 4.69) is 27.8 Å². The van der Waals surface area contributed by atoms with Gasteiger partial charge in [-0.05, 0) is 36.7 Å². The second kappa shape index (κ2) is 7.07. The minimum absolute atomic E-state index is 0.119. The maximum Gasteiger partial charge on any atom is 0.0456 e. The van der Waals surface area contributed by atoms with Crippen molar-refractivity contribution in [3.05, 3.63) is 45.9 Å². The molecule has 0 radical (unpaired) electrons. The van der Waals surface area contributed by atoms with E-state index >= 15 is 0 Å². The number of nitrogens with one attached hydrogen (secondary N) is 1. The minimum Gasteiger partial charge on any atom is -0.329 e. The SMILES string of the molecule is C=CCCNC(CN)c1cc(Cl)ccc1Br. The monoisotopic (exact) mass is 302 g/mol. The zero-order valence-electron chi connectivity index (χ0n) is 9.05. The number of benzene rings is 1. The highest BCUT2D eigenvalue weighted by atomic mass is 79.9. The van der Waals surface area contributed by atoms with E-state index < -0.39 is 0 Å². The molecule has 1 rings (SSSR count). The molecule has 0 aliphatic heterocycles. The number of halogens is 2. The Kier molecular flexibility index (Phi) is 6.06. The summed E-state index contributed by atoms with van der Waals surface area (Å²) in [7, 11) is 0. The highest BCUT2D eigenvalue weighted by Crippen LogP contribution is 2.26. The average molecular weight is 304 g/mol. The van der Waals surface area contributed by atoms with Crippen molar-refractivity contribution >= 4 is 27.5 Å². The predicted molar refractivity (Wildman–Crippen MR) is 73.8 cm³/mol. The van der Waals surface area contributed by atoms with Crippen molar-refractivity contribution in [2.24, 2.45) is 5.73 Å². The zero-order chi connectivity index (χ0) is 12.0. The minimum atomic E-state index is 0.119. The summed E-state index contributed by atoms with van der Waals surface area (Å²) < 4.78 is 1.03. The van der Waals surface area contributed by atoms with E-state index in [9.17, 15) is 0 Å². The van der Waals surface area contributed by atoms with E-state index in [1.54, 1.807) is 0 Å². The lowest BCUT2D eigenvalue weighted by Gasteiger charge is -2.18. The molecule has 16 heavy (non-hydrogen) atoms. The quantitative estimate of drug-likeness (QED) is 0.625. The summed E-state index contributed by atoms with van der Waals surface area (Å²) in [6.45, 7) is 5.09. The summed E-state index contributed by atoms with van der Waals surface area (Å²) >= 11 is 9.48. The number of hydrogen-bond donors (Lipinski definition) is 2. The molecule has 0 bridgehead atoms. The van der Waals surface area contributed by atoms with Gasteiger partial charge in [-0.15, -0.1) is 6.58 Å². The molecule has 1 aromatic carbocycles. The molecule has 1 unspecified atom stereocenters. The Morgan fingerprint density at radius 1 is 1.56 bits per heavy atom. The fourth-order valence-electron chi connectivity index (χ4n) is 1.46. The van der Waals surface area contributed by atoms with Gasteiger partial charge in [0.05, 0.1) is 0 Å². The molecule has 0 saturated heterocycles. The van der Waals surface area contributed by atoms with Crippen molar-refractivity contribution in [1.82, 2.24) is 5.32 Å². The summed E-state index contributed by atoms with van der Waals surface area (Å²) in [4.78, 5) is 0. The molecule has 1 atom stereocenters. The van der Waals surface area contributed by atoms with Crippen LogP contribution in [0, 0.1) is 0 Å². The molecule has 88 valence electrons. The van der Waals surface area contributed by atoms with E-state index in [0.29, 0.717) is 6.54 Å². The molecule has 0 fully saturated rings. The molecule has 0 saturated carbocycles. The van der Waals surface area contributed by atoms with E-state index in [4.69, 9.17) is 17.3 Å². The lowest BCUT2D eigenvalue weighted by molar-refractivity contribution is 0.547. The average Bonchev–Trinajstić information content (AvgIpc) is 2.28. The third-order valence-electron chi connectivity index (χ3n) is 2.31. The summed E-state index contributed by atoms with van der Waals surface area (Å²) in [5, 5.41) is 4.09. The topological polar surface area (TPSA) is 38.0 Å². The molecule has 0 aliphatic rings. The molecule has 2 nitrogen and oxygen atoms in total. The van der Waals surface area contributed by atoms with Gasteiger partial charge in [0.15, 0.2) is 0 Å². The van der Waals surface area contributed by atoms with Crippen LogP contribution in [0.2, 0.25) is 5.02 Å². The van der Waals surface area contributed by atoms with Crippen LogP contribution in [0.25, 0.3) is 0 Å². The van der Waals surface area contributed by atoms with Gasteiger partial charge in [-0.3, -0.25) is 0 Å². The van der Waals surface area contributed by atoms with Crippen molar-refractivity contribution in [2.45, 2.75) is 12.5 Å². The van der Waals surface area contributed by atoms with Crippen LogP contribution >= 0.6 is 27.5 Å². The Hall–Kier alpha value is -0.350. The van der Waals surface area contributed by atoms with Gasteiger partial charge >= 0.3 is 0 Å². The largest absolute Gasteiger partial charge is 0.329 e. The maximum atomic E-state index is 5.97. The van der Waals surface area contributed by atoms with E-state index in [-0.39, 0.29) is 6.04 Å². The van der Waals surface area contributed by atoms with Crippen LogP contribution in [-0.2, 0) is 0 Å². The lowest BCUT2D eigenvalue weighted by atomic mass is 10.1. The van der Waals surface area contributed by atoms with Crippen molar-refractivity contribution in [3.63, 3.8) is 0 Å². The highest BCUT2D eigenvalue weighted by Gasteiger charge is 2.12. The van der Waals surface area contributed by atoms with Crippen molar-refractivity contribution < 1.29 is 0 Å². The normalized spacial score (nSPS) is 12.4. The Morgan fingerprint density at radius 3 is 2.94 bits per heavy atom. The number of rotatable bonds is 6. The summed E-state index contributed by atoms with van der Waals surface area (Å²) in [5.74, 6) is 0. The second-order valence-electron chi connectivity index (χ2n) is 3.49. The Morgan fingerprint density at radius 2 is 2.31 bits per heavy atom. The predicted octanol–water partition coefficient (Wildman–Crippen LogP) is 3.27. The van der Waals surface area contributed by atoms with E-state index in [1.807, 2.05) is 24.3 Å². The smallest absolute Gasteiger partial charge is 0.0456 e. The van der Waals surface area contributed by atoms with Gasteiger partial charge in [0.1, 0.15) is 0 Å². The first-order chi connectivity index (χ1) is 7.69. The number of nitrogens with two attached hydrogens (primary N) is 1. The van der Waals surface area contributed by atoms with E-state index in [1.165, 1.54) is 0 Å². The first-order valence-corrected chi connectivity index (χ1v) is 6.35.